The lowest BCUT2D eigenvalue weighted by Gasteiger charge is -2.12. The summed E-state index contributed by atoms with van der Waals surface area (Å²) >= 11 is 4.62. The first kappa shape index (κ1) is 10.4. The van der Waals surface area contributed by atoms with Gasteiger partial charge in [0.25, 0.3) is 0 Å². The maximum atomic E-state index is 13.1. The summed E-state index contributed by atoms with van der Waals surface area (Å²) in [6, 6.07) is 2.25. The summed E-state index contributed by atoms with van der Waals surface area (Å²) in [4.78, 5) is 0. The molecule has 0 N–H and O–H groups in total. The van der Waals surface area contributed by atoms with Crippen LogP contribution in [-0.2, 0) is 19.0 Å². The van der Waals surface area contributed by atoms with Crippen LogP contribution in [0, 0.1) is 5.82 Å². The smallest absolute Gasteiger partial charge is 0.416 e. The number of benzene rings is 1. The normalized spacial score (nSPS) is 15.3. The van der Waals surface area contributed by atoms with Crippen LogP contribution in [-0.4, -0.2) is 4.31 Å². The summed E-state index contributed by atoms with van der Waals surface area (Å²) in [5, 5.41) is 0. The van der Waals surface area contributed by atoms with Gasteiger partial charge in [-0.25, -0.2) is 4.39 Å². The van der Waals surface area contributed by atoms with E-state index in [1.165, 1.54) is 6.20 Å². The SMILES string of the molecule is Fc1ccc(C(F)(F)F)cc1C1=CN1[S-]. The van der Waals surface area contributed by atoms with E-state index in [1.807, 2.05) is 0 Å². The van der Waals surface area contributed by atoms with Crippen LogP contribution in [0.5, 0.6) is 0 Å². The summed E-state index contributed by atoms with van der Waals surface area (Å²) in [6.45, 7) is 0. The minimum Gasteiger partial charge on any atom is -0.661 e. The minimum atomic E-state index is -4.47. The van der Waals surface area contributed by atoms with Crippen LogP contribution in [0.25, 0.3) is 5.70 Å². The zero-order chi connectivity index (χ0) is 11.2. The highest BCUT2D eigenvalue weighted by atomic mass is 32.1. The second-order valence-electron chi connectivity index (χ2n) is 3.03. The standard InChI is InChI=1S/C9H4F4NS/c10-7-2-1-5(9(11,12)13)3-6(7)8-4-14(8)15/h1-4H/q-1. The molecule has 0 saturated carbocycles. The predicted octanol–water partition coefficient (Wildman–Crippen LogP) is 2.92. The fourth-order valence-corrected chi connectivity index (χ4v) is 1.37. The molecule has 1 aromatic carbocycles. The Bertz CT molecular complexity index is 438. The molecular formula is C9H4F4NS-. The molecule has 0 aliphatic carbocycles. The largest absolute Gasteiger partial charge is 0.661 e. The van der Waals surface area contributed by atoms with E-state index in [9.17, 15) is 17.6 Å². The summed E-state index contributed by atoms with van der Waals surface area (Å²) < 4.78 is 51.2. The van der Waals surface area contributed by atoms with Crippen LogP contribution in [0.2, 0.25) is 0 Å². The Labute approximate surface area is 88.5 Å². The van der Waals surface area contributed by atoms with Crippen molar-refractivity contribution in [3.63, 3.8) is 0 Å². The molecule has 0 unspecified atom stereocenters. The first-order valence-electron chi connectivity index (χ1n) is 3.95. The summed E-state index contributed by atoms with van der Waals surface area (Å²) in [6.07, 6.45) is -3.09. The van der Waals surface area contributed by atoms with Gasteiger partial charge in [-0.3, -0.25) is 0 Å². The molecule has 1 aromatic rings. The van der Waals surface area contributed by atoms with Gasteiger partial charge in [-0.1, -0.05) is 0 Å². The summed E-state index contributed by atoms with van der Waals surface area (Å²) in [5.74, 6) is -0.707. The monoisotopic (exact) mass is 234 g/mol. The van der Waals surface area contributed by atoms with Gasteiger partial charge in [-0.15, -0.1) is 0 Å². The average molecular weight is 234 g/mol. The molecule has 0 atom stereocenters. The quantitative estimate of drug-likeness (QED) is 0.542. The lowest BCUT2D eigenvalue weighted by Crippen LogP contribution is -2.06. The number of hydrogen-bond donors (Lipinski definition) is 0. The van der Waals surface area contributed by atoms with Gasteiger partial charge in [0.05, 0.1) is 5.56 Å². The van der Waals surface area contributed by atoms with Crippen molar-refractivity contribution in [2.75, 3.05) is 0 Å². The van der Waals surface area contributed by atoms with E-state index < -0.39 is 17.6 Å². The Hall–Kier alpha value is -1.17. The van der Waals surface area contributed by atoms with Crippen molar-refractivity contribution in [2.24, 2.45) is 0 Å². The van der Waals surface area contributed by atoms with Gasteiger partial charge < -0.3 is 17.1 Å². The Morgan fingerprint density at radius 3 is 2.27 bits per heavy atom. The molecular weight excluding hydrogens is 230 g/mol. The van der Waals surface area contributed by atoms with Crippen LogP contribution in [0.1, 0.15) is 11.1 Å². The van der Waals surface area contributed by atoms with Crippen LogP contribution in [0.3, 0.4) is 0 Å². The third-order valence-corrected chi connectivity index (χ3v) is 2.28. The van der Waals surface area contributed by atoms with Gasteiger partial charge in [-0.05, 0) is 18.2 Å². The fraction of sp³-hybridized carbons (Fsp3) is 0.111. The number of alkyl halides is 3. The van der Waals surface area contributed by atoms with Crippen molar-refractivity contribution in [1.82, 2.24) is 4.31 Å². The second kappa shape index (κ2) is 3.16. The molecule has 0 saturated heterocycles. The van der Waals surface area contributed by atoms with E-state index in [1.54, 1.807) is 0 Å². The fourth-order valence-electron chi connectivity index (χ4n) is 1.17. The Kier molecular flexibility index (Phi) is 2.18. The Balaban J connectivity index is 2.43. The molecule has 0 radical (unpaired) electrons. The molecule has 80 valence electrons. The second-order valence-corrected chi connectivity index (χ2v) is 3.43. The van der Waals surface area contributed by atoms with Gasteiger partial charge in [0.2, 0.25) is 0 Å². The third-order valence-electron chi connectivity index (χ3n) is 1.98. The van der Waals surface area contributed by atoms with E-state index in [-0.39, 0.29) is 5.56 Å². The van der Waals surface area contributed by atoms with Crippen LogP contribution >= 0.6 is 0 Å². The van der Waals surface area contributed by atoms with E-state index in [4.69, 9.17) is 0 Å². The van der Waals surface area contributed by atoms with Crippen molar-refractivity contribution in [2.45, 2.75) is 6.18 Å². The zero-order valence-electron chi connectivity index (χ0n) is 7.18. The molecule has 1 aliphatic heterocycles. The first-order chi connectivity index (χ1) is 6.89. The van der Waals surface area contributed by atoms with E-state index in [0.29, 0.717) is 11.8 Å². The van der Waals surface area contributed by atoms with Crippen molar-refractivity contribution in [3.05, 3.63) is 41.3 Å². The maximum Gasteiger partial charge on any atom is 0.416 e. The van der Waals surface area contributed by atoms with Gasteiger partial charge >= 0.3 is 6.18 Å². The molecule has 0 aromatic heterocycles. The number of rotatable bonds is 1. The number of nitrogens with zero attached hydrogens (tertiary/aromatic N) is 1. The lowest BCUT2D eigenvalue weighted by molar-refractivity contribution is -0.137. The van der Waals surface area contributed by atoms with Crippen molar-refractivity contribution in [3.8, 4) is 0 Å². The average Bonchev–Trinajstić information content (AvgIpc) is 2.81. The van der Waals surface area contributed by atoms with Crippen LogP contribution in [0.4, 0.5) is 17.6 Å². The molecule has 0 spiro atoms. The minimum absolute atomic E-state index is 0.111. The van der Waals surface area contributed by atoms with Crippen molar-refractivity contribution in [1.29, 1.82) is 0 Å². The Morgan fingerprint density at radius 2 is 1.80 bits per heavy atom. The molecule has 1 nitrogen and oxygen atoms in total. The highest BCUT2D eigenvalue weighted by Gasteiger charge is 2.32. The number of halogens is 4. The van der Waals surface area contributed by atoms with Gasteiger partial charge in [0.15, 0.2) is 0 Å². The molecule has 6 heteroatoms. The van der Waals surface area contributed by atoms with Crippen molar-refractivity contribution < 1.29 is 17.6 Å². The molecule has 15 heavy (non-hydrogen) atoms. The van der Waals surface area contributed by atoms with Crippen LogP contribution in [0.15, 0.2) is 24.4 Å². The molecule has 0 bridgehead atoms. The third kappa shape index (κ3) is 1.94. The summed E-state index contributed by atoms with van der Waals surface area (Å²) in [5.41, 5.74) is -0.691. The molecule has 2 rings (SSSR count). The highest BCUT2D eigenvalue weighted by Crippen LogP contribution is 2.36. The van der Waals surface area contributed by atoms with E-state index in [0.717, 1.165) is 16.4 Å². The number of hydrogen-bond acceptors (Lipinski definition) is 2. The molecule has 1 heterocycles. The summed E-state index contributed by atoms with van der Waals surface area (Å²) in [7, 11) is 0. The van der Waals surface area contributed by atoms with Crippen LogP contribution < -0.4 is 0 Å². The highest BCUT2D eigenvalue weighted by molar-refractivity contribution is 7.57. The van der Waals surface area contributed by atoms with Gasteiger partial charge in [0.1, 0.15) is 5.82 Å². The first-order valence-corrected chi connectivity index (χ1v) is 4.31. The Morgan fingerprint density at radius 1 is 1.20 bits per heavy atom. The topological polar surface area (TPSA) is 3.01 Å². The lowest BCUT2D eigenvalue weighted by atomic mass is 10.1. The molecule has 0 amide bonds. The molecule has 0 fully saturated rings. The van der Waals surface area contributed by atoms with E-state index >= 15 is 0 Å². The predicted molar refractivity (Wildman–Crippen MR) is 48.6 cm³/mol. The van der Waals surface area contributed by atoms with Gasteiger partial charge in [0, 0.05) is 17.5 Å². The van der Waals surface area contributed by atoms with Crippen molar-refractivity contribution >= 4 is 18.5 Å². The maximum absolute atomic E-state index is 13.1. The molecule has 1 aliphatic rings. The van der Waals surface area contributed by atoms with E-state index in [2.05, 4.69) is 12.8 Å². The zero-order valence-corrected chi connectivity index (χ0v) is 7.99. The van der Waals surface area contributed by atoms with Gasteiger partial charge in [-0.2, -0.15) is 13.2 Å².